The van der Waals surface area contributed by atoms with E-state index in [2.05, 4.69) is 26.6 Å². The molecule has 0 unspecified atom stereocenters. The van der Waals surface area contributed by atoms with Gasteiger partial charge in [0.05, 0.1) is 0 Å². The smallest absolute Gasteiger partial charge is 0.408 e. The quantitative estimate of drug-likeness (QED) is 0.0516. The van der Waals surface area contributed by atoms with Crippen LogP contribution in [0.25, 0.3) is 0 Å². The molecular formula is C43H62Cl2N8O8. The van der Waals surface area contributed by atoms with Crippen molar-refractivity contribution < 1.29 is 38.2 Å². The largest absolute Gasteiger partial charge is 0.445 e. The molecule has 0 aliphatic heterocycles. The van der Waals surface area contributed by atoms with Crippen LogP contribution < -0.4 is 43.8 Å². The first-order chi connectivity index (χ1) is 28.6. The highest BCUT2D eigenvalue weighted by atomic mass is 35.5. The van der Waals surface area contributed by atoms with Gasteiger partial charge in [0, 0.05) is 13.0 Å². The van der Waals surface area contributed by atoms with E-state index in [4.69, 9.17) is 26.7 Å². The normalized spacial score (nSPS) is 12.4. The minimum Gasteiger partial charge on any atom is -0.445 e. The zero-order valence-corrected chi connectivity index (χ0v) is 36.0. The molecule has 0 bridgehead atoms. The monoisotopic (exact) mass is 888 g/mol. The fraction of sp³-hybridized carbons (Fsp3) is 0.442. The molecule has 0 aliphatic carbocycles. The molecule has 3 aromatic carbocycles. The number of halogens is 2. The number of ether oxygens (including phenoxy) is 2. The van der Waals surface area contributed by atoms with Crippen molar-refractivity contribution in [2.24, 2.45) is 17.2 Å². The number of amides is 6. The van der Waals surface area contributed by atoms with Crippen LogP contribution in [0.3, 0.4) is 0 Å². The van der Waals surface area contributed by atoms with E-state index in [0.29, 0.717) is 58.0 Å². The number of nitrogens with one attached hydrogen (secondary N) is 5. The Labute approximate surface area is 370 Å². The third-order valence-corrected chi connectivity index (χ3v) is 9.33. The standard InChI is InChI=1S/C43H60N8O8.2ClH/c44-25-13-10-22-34(50-42(56)58-29-32-18-6-2-7-19-32)39(53)47-27-15-12-24-35(40(54)49-37(38(46)52)28-31-16-4-1-5-17-31)48-41(55)36(23-11-14-26-45)51-43(57)59-30-33-20-8-3-9-21-33;;/h1-9,16-21,34-37H,10-15,22-30,44-45H2,(H2,46,52)(H,47,53)(H,48,55)(H,49,54)(H,50,56)(H,51,57);2*1H/t34-,35-,36-,37-;;/m0../s1. The molecule has 11 N–H and O–H groups in total. The summed E-state index contributed by atoms with van der Waals surface area (Å²) in [6.07, 6.45) is 2.41. The summed E-state index contributed by atoms with van der Waals surface area (Å²) in [5.74, 6) is -2.43. The maximum absolute atomic E-state index is 13.8. The summed E-state index contributed by atoms with van der Waals surface area (Å²) < 4.78 is 10.7. The first kappa shape index (κ1) is 53.6. The van der Waals surface area contributed by atoms with Crippen molar-refractivity contribution in [1.82, 2.24) is 26.6 Å². The molecule has 0 heterocycles. The van der Waals surface area contributed by atoms with Crippen molar-refractivity contribution in [3.8, 4) is 0 Å². The minimum absolute atomic E-state index is 0. The summed E-state index contributed by atoms with van der Waals surface area (Å²) in [5, 5.41) is 13.6. The summed E-state index contributed by atoms with van der Waals surface area (Å²) in [6, 6.07) is 23.1. The minimum atomic E-state index is -1.14. The maximum Gasteiger partial charge on any atom is 0.408 e. The lowest BCUT2D eigenvalue weighted by molar-refractivity contribution is -0.132. The summed E-state index contributed by atoms with van der Waals surface area (Å²) in [5.41, 5.74) is 19.4. The van der Waals surface area contributed by atoms with E-state index in [1.54, 1.807) is 36.4 Å². The highest BCUT2D eigenvalue weighted by molar-refractivity contribution is 5.93. The van der Waals surface area contributed by atoms with Crippen LogP contribution in [0.5, 0.6) is 0 Å². The van der Waals surface area contributed by atoms with E-state index in [0.717, 1.165) is 16.7 Å². The number of benzene rings is 3. The second-order valence-corrected chi connectivity index (χ2v) is 14.1. The maximum atomic E-state index is 13.8. The Morgan fingerprint density at radius 3 is 1.28 bits per heavy atom. The van der Waals surface area contributed by atoms with Crippen LogP contribution in [0.1, 0.15) is 74.5 Å². The van der Waals surface area contributed by atoms with Crippen molar-refractivity contribution in [2.45, 2.75) is 102 Å². The number of primary amides is 1. The molecule has 6 amide bonds. The third-order valence-electron chi connectivity index (χ3n) is 9.33. The Hall–Kier alpha value is -5.42. The van der Waals surface area contributed by atoms with E-state index >= 15 is 0 Å². The van der Waals surface area contributed by atoms with Crippen LogP contribution in [-0.4, -0.2) is 79.6 Å². The lowest BCUT2D eigenvalue weighted by atomic mass is 10.0. The zero-order valence-electron chi connectivity index (χ0n) is 34.4. The van der Waals surface area contributed by atoms with Gasteiger partial charge in [0.15, 0.2) is 0 Å². The van der Waals surface area contributed by atoms with E-state index in [1.807, 2.05) is 54.6 Å². The highest BCUT2D eigenvalue weighted by Crippen LogP contribution is 2.10. The average Bonchev–Trinajstić information content (AvgIpc) is 3.24. The van der Waals surface area contributed by atoms with Crippen molar-refractivity contribution in [3.63, 3.8) is 0 Å². The molecule has 0 radical (unpaired) electrons. The number of alkyl carbamates (subject to hydrolysis) is 2. The fourth-order valence-corrected chi connectivity index (χ4v) is 6.03. The van der Waals surface area contributed by atoms with Crippen LogP contribution in [0, 0.1) is 0 Å². The Balaban J connectivity index is 0.00000930. The summed E-state index contributed by atoms with van der Waals surface area (Å²) >= 11 is 0. The van der Waals surface area contributed by atoms with Crippen LogP contribution >= 0.6 is 24.8 Å². The van der Waals surface area contributed by atoms with Gasteiger partial charge >= 0.3 is 12.2 Å². The van der Waals surface area contributed by atoms with Crippen LogP contribution in [-0.2, 0) is 48.3 Å². The van der Waals surface area contributed by atoms with Crippen molar-refractivity contribution >= 4 is 60.6 Å². The Kier molecular flexibility index (Phi) is 27.6. The summed E-state index contributed by atoms with van der Waals surface area (Å²) in [6.45, 7) is 1.05. The van der Waals surface area contributed by atoms with E-state index < -0.39 is 60.0 Å². The average molecular weight is 890 g/mol. The van der Waals surface area contributed by atoms with Crippen LogP contribution in [0.2, 0.25) is 0 Å². The molecule has 3 aromatic rings. The summed E-state index contributed by atoms with van der Waals surface area (Å²) in [7, 11) is 0. The number of nitrogens with two attached hydrogens (primary N) is 3. The van der Waals surface area contributed by atoms with Gasteiger partial charge in [-0.15, -0.1) is 24.8 Å². The number of hydrogen-bond donors (Lipinski definition) is 8. The van der Waals surface area contributed by atoms with Crippen LogP contribution in [0.4, 0.5) is 9.59 Å². The molecular weight excluding hydrogens is 827 g/mol. The molecule has 336 valence electrons. The third kappa shape index (κ3) is 22.1. The number of rotatable bonds is 27. The topological polar surface area (TPSA) is 259 Å². The van der Waals surface area contributed by atoms with Crippen LogP contribution in [0.15, 0.2) is 91.0 Å². The molecule has 16 nitrogen and oxygen atoms in total. The van der Waals surface area contributed by atoms with E-state index in [-0.39, 0.29) is 63.8 Å². The van der Waals surface area contributed by atoms with Gasteiger partial charge in [-0.1, -0.05) is 91.0 Å². The van der Waals surface area contributed by atoms with Crippen molar-refractivity contribution in [3.05, 3.63) is 108 Å². The zero-order chi connectivity index (χ0) is 42.7. The first-order valence-corrected chi connectivity index (χ1v) is 20.2. The van der Waals surface area contributed by atoms with Gasteiger partial charge in [0.2, 0.25) is 23.6 Å². The van der Waals surface area contributed by atoms with E-state index in [9.17, 15) is 28.8 Å². The summed E-state index contributed by atoms with van der Waals surface area (Å²) in [4.78, 5) is 78.6. The van der Waals surface area contributed by atoms with Gasteiger partial charge in [-0.3, -0.25) is 19.2 Å². The predicted octanol–water partition coefficient (Wildman–Crippen LogP) is 3.66. The number of carbonyl (C=O) groups is 6. The fourth-order valence-electron chi connectivity index (χ4n) is 6.03. The molecule has 4 atom stereocenters. The predicted molar refractivity (Wildman–Crippen MR) is 237 cm³/mol. The molecule has 0 aliphatic rings. The molecule has 0 fully saturated rings. The van der Waals surface area contributed by atoms with Gasteiger partial charge < -0.3 is 53.3 Å². The highest BCUT2D eigenvalue weighted by Gasteiger charge is 2.29. The van der Waals surface area contributed by atoms with Gasteiger partial charge in [0.1, 0.15) is 37.4 Å². The number of carbonyl (C=O) groups excluding carboxylic acids is 6. The Morgan fingerprint density at radius 1 is 0.475 bits per heavy atom. The molecule has 0 saturated heterocycles. The van der Waals surface area contributed by atoms with Gasteiger partial charge in [-0.05, 0) is 87.6 Å². The van der Waals surface area contributed by atoms with Gasteiger partial charge in [-0.2, -0.15) is 0 Å². The first-order valence-electron chi connectivity index (χ1n) is 20.2. The molecule has 3 rings (SSSR count). The second kappa shape index (κ2) is 31.5. The lowest BCUT2D eigenvalue weighted by Gasteiger charge is -2.25. The molecule has 0 spiro atoms. The second-order valence-electron chi connectivity index (χ2n) is 14.1. The lowest BCUT2D eigenvalue weighted by Crippen LogP contribution is -2.56. The molecule has 0 aromatic heterocycles. The van der Waals surface area contributed by atoms with E-state index in [1.165, 1.54) is 0 Å². The molecule has 61 heavy (non-hydrogen) atoms. The number of unbranched alkanes of at least 4 members (excludes halogenated alkanes) is 3. The molecule has 18 heteroatoms. The molecule has 0 saturated carbocycles. The Morgan fingerprint density at radius 2 is 0.852 bits per heavy atom. The SMILES string of the molecule is Cl.Cl.NCCCC[C@H](NC(=O)OCc1ccccc1)C(=O)NCCCC[C@H](NC(=O)[C@H](CCCCN)NC(=O)OCc1ccccc1)C(=O)N[C@@H](Cc1ccccc1)C(N)=O. The van der Waals surface area contributed by atoms with Gasteiger partial charge in [-0.25, -0.2) is 9.59 Å². The number of hydrogen-bond acceptors (Lipinski definition) is 10. The van der Waals surface area contributed by atoms with Gasteiger partial charge in [0.25, 0.3) is 0 Å². The van der Waals surface area contributed by atoms with Crippen molar-refractivity contribution in [1.29, 1.82) is 0 Å². The Bertz CT molecular complexity index is 1730. The van der Waals surface area contributed by atoms with Crippen molar-refractivity contribution in [2.75, 3.05) is 19.6 Å².